The van der Waals surface area contributed by atoms with Crippen LogP contribution in [0.3, 0.4) is 0 Å². The quantitative estimate of drug-likeness (QED) is 0.433. The summed E-state index contributed by atoms with van der Waals surface area (Å²) in [5, 5.41) is 9.23. The lowest BCUT2D eigenvalue weighted by Crippen LogP contribution is -2.22. The average molecular weight is 308 g/mol. The normalized spacial score (nSPS) is 13.8. The minimum atomic E-state index is -0.815. The highest BCUT2D eigenvalue weighted by Crippen LogP contribution is 2.22. The number of hydrogen-bond acceptors (Lipinski definition) is 3. The molecule has 3 nitrogen and oxygen atoms in total. The largest absolute Gasteiger partial charge is 0.465 e. The van der Waals surface area contributed by atoms with Gasteiger partial charge in [-0.05, 0) is 38.3 Å². The van der Waals surface area contributed by atoms with Gasteiger partial charge in [-0.1, -0.05) is 63.6 Å². The molecule has 0 aliphatic rings. The summed E-state index contributed by atoms with van der Waals surface area (Å²) in [6.07, 6.45) is 8.94. The van der Waals surface area contributed by atoms with Gasteiger partial charge < -0.3 is 14.6 Å². The van der Waals surface area contributed by atoms with Gasteiger partial charge in [-0.2, -0.15) is 0 Å². The van der Waals surface area contributed by atoms with Crippen molar-refractivity contribution in [2.75, 3.05) is 0 Å². The van der Waals surface area contributed by atoms with Crippen molar-refractivity contribution in [3.8, 4) is 5.75 Å². The molecule has 0 bridgehead atoms. The van der Waals surface area contributed by atoms with Crippen molar-refractivity contribution in [3.05, 3.63) is 29.8 Å². The van der Waals surface area contributed by atoms with Crippen LogP contribution in [0.5, 0.6) is 5.75 Å². The molecule has 0 fully saturated rings. The molecule has 1 aromatic carbocycles. The molecule has 2 unspecified atom stereocenters. The molecule has 0 heterocycles. The van der Waals surface area contributed by atoms with Crippen LogP contribution in [0.2, 0.25) is 0 Å². The molecule has 1 N–H and O–H groups in total. The maximum absolute atomic E-state index is 9.23. The Labute approximate surface area is 135 Å². The molecule has 1 aromatic rings. The second-order valence-electron chi connectivity index (χ2n) is 5.90. The van der Waals surface area contributed by atoms with E-state index in [9.17, 15) is 5.11 Å². The fourth-order valence-electron chi connectivity index (χ4n) is 2.58. The van der Waals surface area contributed by atoms with E-state index in [2.05, 4.69) is 13.0 Å². The fraction of sp³-hybridized carbons (Fsp3) is 0.684. The van der Waals surface area contributed by atoms with Gasteiger partial charge in [-0.15, -0.1) is 0 Å². The number of ether oxygens (including phenoxy) is 2. The molecule has 0 spiro atoms. The highest BCUT2D eigenvalue weighted by atomic mass is 16.7. The monoisotopic (exact) mass is 308 g/mol. The van der Waals surface area contributed by atoms with Crippen molar-refractivity contribution in [1.82, 2.24) is 0 Å². The van der Waals surface area contributed by atoms with Gasteiger partial charge in [0.25, 0.3) is 0 Å². The summed E-state index contributed by atoms with van der Waals surface area (Å²) in [7, 11) is 0. The summed E-state index contributed by atoms with van der Waals surface area (Å²) in [5.41, 5.74) is 1.22. The standard InChI is InChI=1S/C19H32O3/c1-4-5-6-7-8-9-10-13-18-14-11-12-15-19(18)22-17(3)21-16(2)20/h11-12,14-17,20H,4-10,13H2,1-3H3. The van der Waals surface area contributed by atoms with Gasteiger partial charge in [0.15, 0.2) is 12.6 Å². The Hall–Kier alpha value is -1.06. The molecule has 0 radical (unpaired) electrons. The highest BCUT2D eigenvalue weighted by Gasteiger charge is 2.10. The number of unbranched alkanes of at least 4 members (excludes halogenated alkanes) is 6. The molecule has 2 atom stereocenters. The first kappa shape index (κ1) is 19.0. The summed E-state index contributed by atoms with van der Waals surface area (Å²) in [4.78, 5) is 0. The average Bonchev–Trinajstić information content (AvgIpc) is 2.47. The Balaban J connectivity index is 2.34. The molecular formula is C19H32O3. The molecule has 3 heteroatoms. The van der Waals surface area contributed by atoms with Crippen molar-refractivity contribution in [1.29, 1.82) is 0 Å². The highest BCUT2D eigenvalue weighted by molar-refractivity contribution is 5.33. The van der Waals surface area contributed by atoms with Gasteiger partial charge in [-0.25, -0.2) is 0 Å². The van der Waals surface area contributed by atoms with E-state index in [-0.39, 0.29) is 0 Å². The van der Waals surface area contributed by atoms with Crippen LogP contribution in [0, 0.1) is 0 Å². The van der Waals surface area contributed by atoms with Gasteiger partial charge in [-0.3, -0.25) is 0 Å². The first-order chi connectivity index (χ1) is 10.6. The van der Waals surface area contributed by atoms with Crippen LogP contribution in [0.25, 0.3) is 0 Å². The van der Waals surface area contributed by atoms with E-state index >= 15 is 0 Å². The Bertz CT molecular complexity index is 390. The second kappa shape index (κ2) is 11.5. The van der Waals surface area contributed by atoms with E-state index in [1.807, 2.05) is 18.2 Å². The molecule has 22 heavy (non-hydrogen) atoms. The fourth-order valence-corrected chi connectivity index (χ4v) is 2.58. The number of aliphatic hydroxyl groups excluding tert-OH is 1. The van der Waals surface area contributed by atoms with Crippen LogP contribution in [-0.4, -0.2) is 17.7 Å². The molecule has 0 aliphatic heterocycles. The maximum Gasteiger partial charge on any atom is 0.199 e. The van der Waals surface area contributed by atoms with Gasteiger partial charge in [0.1, 0.15) is 5.75 Å². The summed E-state index contributed by atoms with van der Waals surface area (Å²) < 4.78 is 11.0. The van der Waals surface area contributed by atoms with E-state index in [1.54, 1.807) is 13.8 Å². The topological polar surface area (TPSA) is 38.7 Å². The van der Waals surface area contributed by atoms with E-state index < -0.39 is 12.6 Å². The summed E-state index contributed by atoms with van der Waals surface area (Å²) >= 11 is 0. The minimum absolute atomic E-state index is 0.449. The smallest absolute Gasteiger partial charge is 0.199 e. The van der Waals surface area contributed by atoms with Crippen molar-refractivity contribution >= 4 is 0 Å². The number of aliphatic hydroxyl groups is 1. The van der Waals surface area contributed by atoms with Crippen molar-refractivity contribution < 1.29 is 14.6 Å². The number of aryl methyl sites for hydroxylation is 1. The number of para-hydroxylation sites is 1. The lowest BCUT2D eigenvalue weighted by molar-refractivity contribution is -0.179. The number of rotatable bonds is 12. The summed E-state index contributed by atoms with van der Waals surface area (Å²) in [6.45, 7) is 5.64. The van der Waals surface area contributed by atoms with E-state index in [0.717, 1.165) is 12.2 Å². The van der Waals surface area contributed by atoms with Crippen LogP contribution < -0.4 is 4.74 Å². The van der Waals surface area contributed by atoms with E-state index in [4.69, 9.17) is 9.47 Å². The Morgan fingerprint density at radius 1 is 0.955 bits per heavy atom. The van der Waals surface area contributed by atoms with Gasteiger partial charge >= 0.3 is 0 Å². The molecule has 1 rings (SSSR count). The third-order valence-corrected chi connectivity index (χ3v) is 3.70. The van der Waals surface area contributed by atoms with Gasteiger partial charge in [0, 0.05) is 0 Å². The van der Waals surface area contributed by atoms with Crippen LogP contribution in [0.4, 0.5) is 0 Å². The van der Waals surface area contributed by atoms with Gasteiger partial charge in [0.05, 0.1) is 0 Å². The van der Waals surface area contributed by atoms with Gasteiger partial charge in [0.2, 0.25) is 0 Å². The predicted molar refractivity (Wildman–Crippen MR) is 91.0 cm³/mol. The molecule has 0 aromatic heterocycles. The molecule has 126 valence electrons. The Kier molecular flexibility index (Phi) is 9.93. The minimum Gasteiger partial charge on any atom is -0.465 e. The molecule has 0 amide bonds. The van der Waals surface area contributed by atoms with Crippen LogP contribution >= 0.6 is 0 Å². The predicted octanol–water partition coefficient (Wildman–Crippen LogP) is 5.06. The van der Waals surface area contributed by atoms with E-state index in [0.29, 0.717) is 0 Å². The van der Waals surface area contributed by atoms with Crippen molar-refractivity contribution in [2.24, 2.45) is 0 Å². The maximum atomic E-state index is 9.23. The summed E-state index contributed by atoms with van der Waals surface area (Å²) in [5.74, 6) is 0.863. The molecule has 0 aliphatic carbocycles. The molecular weight excluding hydrogens is 276 g/mol. The Morgan fingerprint density at radius 2 is 1.59 bits per heavy atom. The first-order valence-electron chi connectivity index (χ1n) is 8.71. The van der Waals surface area contributed by atoms with Crippen molar-refractivity contribution in [3.63, 3.8) is 0 Å². The van der Waals surface area contributed by atoms with Crippen LogP contribution in [0.1, 0.15) is 71.3 Å². The number of benzene rings is 1. The zero-order valence-electron chi connectivity index (χ0n) is 14.4. The third-order valence-electron chi connectivity index (χ3n) is 3.70. The zero-order chi connectivity index (χ0) is 16.2. The second-order valence-corrected chi connectivity index (χ2v) is 5.90. The molecule has 0 saturated carbocycles. The lowest BCUT2D eigenvalue weighted by Gasteiger charge is -2.19. The first-order valence-corrected chi connectivity index (χ1v) is 8.71. The van der Waals surface area contributed by atoms with E-state index in [1.165, 1.54) is 50.5 Å². The zero-order valence-corrected chi connectivity index (χ0v) is 14.4. The summed E-state index contributed by atoms with van der Waals surface area (Å²) in [6, 6.07) is 8.10. The van der Waals surface area contributed by atoms with Crippen LogP contribution in [0.15, 0.2) is 24.3 Å². The third kappa shape index (κ3) is 8.40. The molecule has 0 saturated heterocycles. The van der Waals surface area contributed by atoms with Crippen molar-refractivity contribution in [2.45, 2.75) is 84.7 Å². The Morgan fingerprint density at radius 3 is 2.27 bits per heavy atom. The lowest BCUT2D eigenvalue weighted by atomic mass is 10.0. The number of hydrogen-bond donors (Lipinski definition) is 1. The van der Waals surface area contributed by atoms with Crippen LogP contribution in [-0.2, 0) is 11.2 Å². The SMILES string of the molecule is CCCCCCCCCc1ccccc1OC(C)OC(C)O.